The average molecular weight is 238 g/mol. The van der Waals surface area contributed by atoms with Gasteiger partial charge in [-0.1, -0.05) is 6.92 Å². The molecule has 1 rings (SSSR count). The number of aliphatic hydroxyl groups excluding tert-OH is 1. The minimum atomic E-state index is -3.04. The van der Waals surface area contributed by atoms with E-state index < -0.39 is 19.1 Å². The number of hydrogen-bond donors (Lipinski definition) is 2. The summed E-state index contributed by atoms with van der Waals surface area (Å²) in [4.78, 5) is 2.22. The first-order chi connectivity index (χ1) is 7.57. The maximum absolute atomic E-state index is 12.7. The molecule has 1 fully saturated rings. The van der Waals surface area contributed by atoms with Gasteiger partial charge in [0.15, 0.2) is 0 Å². The fraction of sp³-hybridized carbons (Fsp3) is 1.00. The van der Waals surface area contributed by atoms with Gasteiger partial charge in [-0.25, -0.2) is 8.78 Å². The number of ether oxygens (including phenoxy) is 1. The number of alkyl halides is 2. The largest absolute Gasteiger partial charge is 0.390 e. The van der Waals surface area contributed by atoms with Crippen LogP contribution in [-0.2, 0) is 4.74 Å². The fourth-order valence-electron chi connectivity index (χ4n) is 1.66. The standard InChI is InChI=1S/C10H20F2N2O2/c1-2-14-3-4-16-9(6-14)5-13-7-10(11,12)8-15/h9,13,15H,2-8H2,1H3. The van der Waals surface area contributed by atoms with Gasteiger partial charge in [0.05, 0.1) is 19.3 Å². The number of nitrogens with one attached hydrogen (secondary N) is 1. The highest BCUT2D eigenvalue weighted by Gasteiger charge is 2.28. The minimum Gasteiger partial charge on any atom is -0.390 e. The van der Waals surface area contributed by atoms with Crippen molar-refractivity contribution in [2.45, 2.75) is 19.0 Å². The third-order valence-electron chi connectivity index (χ3n) is 2.66. The average Bonchev–Trinajstić information content (AvgIpc) is 2.29. The van der Waals surface area contributed by atoms with Crippen molar-refractivity contribution in [1.82, 2.24) is 10.2 Å². The molecule has 1 heterocycles. The zero-order chi connectivity index (χ0) is 12.0. The Labute approximate surface area is 94.6 Å². The van der Waals surface area contributed by atoms with Gasteiger partial charge in [0, 0.05) is 19.6 Å². The Bertz CT molecular complexity index is 205. The Kier molecular flexibility index (Phi) is 5.54. The van der Waals surface area contributed by atoms with Crippen molar-refractivity contribution < 1.29 is 18.6 Å². The summed E-state index contributed by atoms with van der Waals surface area (Å²) in [6.45, 7) is 4.11. The summed E-state index contributed by atoms with van der Waals surface area (Å²) < 4.78 is 30.8. The Hall–Kier alpha value is -0.300. The molecule has 0 aromatic rings. The maximum atomic E-state index is 12.7. The molecule has 2 N–H and O–H groups in total. The van der Waals surface area contributed by atoms with Crippen LogP contribution in [0.3, 0.4) is 0 Å². The lowest BCUT2D eigenvalue weighted by atomic mass is 10.2. The number of hydrogen-bond acceptors (Lipinski definition) is 4. The zero-order valence-corrected chi connectivity index (χ0v) is 9.59. The summed E-state index contributed by atoms with van der Waals surface area (Å²) in [5.74, 6) is -3.04. The fourth-order valence-corrected chi connectivity index (χ4v) is 1.66. The van der Waals surface area contributed by atoms with Crippen molar-refractivity contribution in [2.75, 3.05) is 45.9 Å². The lowest BCUT2D eigenvalue weighted by Crippen LogP contribution is -2.48. The Morgan fingerprint density at radius 3 is 2.94 bits per heavy atom. The van der Waals surface area contributed by atoms with Crippen LogP contribution in [0.1, 0.15) is 6.92 Å². The molecule has 1 saturated heterocycles. The molecule has 0 bridgehead atoms. The molecule has 16 heavy (non-hydrogen) atoms. The number of likely N-dealkylation sites (N-methyl/N-ethyl adjacent to an activating group) is 1. The molecule has 1 aliphatic heterocycles. The quantitative estimate of drug-likeness (QED) is 0.679. The minimum absolute atomic E-state index is 0.0387. The summed E-state index contributed by atoms with van der Waals surface area (Å²) in [5.41, 5.74) is 0. The molecule has 6 heteroatoms. The number of halogens is 2. The summed E-state index contributed by atoms with van der Waals surface area (Å²) >= 11 is 0. The van der Waals surface area contributed by atoms with Crippen LogP contribution in [0.25, 0.3) is 0 Å². The van der Waals surface area contributed by atoms with E-state index in [4.69, 9.17) is 9.84 Å². The van der Waals surface area contributed by atoms with Crippen molar-refractivity contribution in [1.29, 1.82) is 0 Å². The highest BCUT2D eigenvalue weighted by Crippen LogP contribution is 2.10. The summed E-state index contributed by atoms with van der Waals surface area (Å²) in [6.07, 6.45) is -0.0387. The number of morpholine rings is 1. The molecule has 0 spiro atoms. The molecule has 1 unspecified atom stereocenters. The Morgan fingerprint density at radius 2 is 2.31 bits per heavy atom. The van der Waals surface area contributed by atoms with Crippen molar-refractivity contribution in [2.24, 2.45) is 0 Å². The molecule has 1 atom stereocenters. The van der Waals surface area contributed by atoms with Crippen LogP contribution in [0.5, 0.6) is 0 Å². The molecule has 0 aromatic heterocycles. The first-order valence-corrected chi connectivity index (χ1v) is 5.61. The highest BCUT2D eigenvalue weighted by atomic mass is 19.3. The summed E-state index contributed by atoms with van der Waals surface area (Å²) in [7, 11) is 0. The van der Waals surface area contributed by atoms with Crippen LogP contribution in [0.2, 0.25) is 0 Å². The molecular formula is C10H20F2N2O2. The van der Waals surface area contributed by atoms with Gasteiger partial charge in [-0.15, -0.1) is 0 Å². The van der Waals surface area contributed by atoms with Crippen molar-refractivity contribution in [3.8, 4) is 0 Å². The second-order valence-corrected chi connectivity index (χ2v) is 4.03. The topological polar surface area (TPSA) is 44.7 Å². The predicted octanol–water partition coefficient (Wildman–Crippen LogP) is -0.0757. The van der Waals surface area contributed by atoms with Gasteiger partial charge >= 0.3 is 0 Å². The monoisotopic (exact) mass is 238 g/mol. The second kappa shape index (κ2) is 6.44. The van der Waals surface area contributed by atoms with Gasteiger partial charge in [0.25, 0.3) is 5.92 Å². The molecule has 0 aromatic carbocycles. The van der Waals surface area contributed by atoms with Gasteiger partial charge < -0.3 is 15.2 Å². The first-order valence-electron chi connectivity index (χ1n) is 5.61. The molecule has 4 nitrogen and oxygen atoms in total. The van der Waals surface area contributed by atoms with E-state index in [1.807, 2.05) is 0 Å². The summed E-state index contributed by atoms with van der Waals surface area (Å²) in [5, 5.41) is 11.0. The van der Waals surface area contributed by atoms with Crippen LogP contribution in [-0.4, -0.2) is 68.0 Å². The third-order valence-corrected chi connectivity index (χ3v) is 2.66. The van der Waals surface area contributed by atoms with E-state index in [2.05, 4.69) is 17.1 Å². The highest BCUT2D eigenvalue weighted by molar-refractivity contribution is 4.75. The molecule has 96 valence electrons. The lowest BCUT2D eigenvalue weighted by molar-refractivity contribution is -0.0562. The smallest absolute Gasteiger partial charge is 0.282 e. The van der Waals surface area contributed by atoms with Crippen LogP contribution in [0.15, 0.2) is 0 Å². The Morgan fingerprint density at radius 1 is 1.56 bits per heavy atom. The predicted molar refractivity (Wildman–Crippen MR) is 56.8 cm³/mol. The van der Waals surface area contributed by atoms with E-state index in [-0.39, 0.29) is 6.10 Å². The van der Waals surface area contributed by atoms with Crippen molar-refractivity contribution in [3.63, 3.8) is 0 Å². The lowest BCUT2D eigenvalue weighted by Gasteiger charge is -2.32. The molecule has 0 amide bonds. The van der Waals surface area contributed by atoms with Crippen LogP contribution < -0.4 is 5.32 Å². The third kappa shape index (κ3) is 4.69. The van der Waals surface area contributed by atoms with E-state index in [0.717, 1.165) is 19.6 Å². The molecule has 1 aliphatic rings. The van der Waals surface area contributed by atoms with E-state index >= 15 is 0 Å². The number of nitrogens with zero attached hydrogens (tertiary/aromatic N) is 1. The van der Waals surface area contributed by atoms with Crippen LogP contribution in [0.4, 0.5) is 8.78 Å². The van der Waals surface area contributed by atoms with Crippen molar-refractivity contribution in [3.05, 3.63) is 0 Å². The molecule has 0 radical (unpaired) electrons. The van der Waals surface area contributed by atoms with Crippen molar-refractivity contribution >= 4 is 0 Å². The molecular weight excluding hydrogens is 218 g/mol. The molecule has 0 aliphatic carbocycles. The Balaban J connectivity index is 2.17. The van der Waals surface area contributed by atoms with E-state index in [0.29, 0.717) is 13.2 Å². The first kappa shape index (κ1) is 13.8. The molecule has 0 saturated carbocycles. The van der Waals surface area contributed by atoms with Crippen LogP contribution >= 0.6 is 0 Å². The maximum Gasteiger partial charge on any atom is 0.282 e. The van der Waals surface area contributed by atoms with E-state index in [1.54, 1.807) is 0 Å². The van der Waals surface area contributed by atoms with Gasteiger partial charge in [-0.3, -0.25) is 4.90 Å². The van der Waals surface area contributed by atoms with E-state index in [1.165, 1.54) is 0 Å². The van der Waals surface area contributed by atoms with Gasteiger partial charge in [-0.2, -0.15) is 0 Å². The summed E-state index contributed by atoms with van der Waals surface area (Å²) in [6, 6.07) is 0. The zero-order valence-electron chi connectivity index (χ0n) is 9.59. The van der Waals surface area contributed by atoms with E-state index in [9.17, 15) is 8.78 Å². The number of rotatable bonds is 6. The van der Waals surface area contributed by atoms with Gasteiger partial charge in [0.2, 0.25) is 0 Å². The van der Waals surface area contributed by atoms with Gasteiger partial charge in [0.1, 0.15) is 6.61 Å². The van der Waals surface area contributed by atoms with Gasteiger partial charge in [-0.05, 0) is 6.54 Å². The SMILES string of the molecule is CCN1CCOC(CNCC(F)(F)CO)C1. The number of aliphatic hydroxyl groups is 1. The normalized spacial score (nSPS) is 23.6. The second-order valence-electron chi connectivity index (χ2n) is 4.03. The van der Waals surface area contributed by atoms with Crippen LogP contribution in [0, 0.1) is 0 Å².